The minimum absolute atomic E-state index is 0.0422. The molecule has 34 heavy (non-hydrogen) atoms. The number of likely N-dealkylation sites (tertiary alicyclic amines) is 1. The van der Waals surface area contributed by atoms with E-state index in [1.807, 2.05) is 48.2 Å². The van der Waals surface area contributed by atoms with Gasteiger partial charge in [0.05, 0.1) is 5.69 Å². The highest BCUT2D eigenvalue weighted by atomic mass is 19.1. The van der Waals surface area contributed by atoms with Crippen molar-refractivity contribution in [2.75, 3.05) is 6.54 Å². The van der Waals surface area contributed by atoms with E-state index in [-0.39, 0.29) is 17.8 Å². The molecule has 2 aromatic carbocycles. The fraction of sp³-hybridized carbons (Fsp3) is 0.321. The van der Waals surface area contributed by atoms with Crippen LogP contribution in [0, 0.1) is 18.7 Å². The van der Waals surface area contributed by atoms with Gasteiger partial charge in [-0.1, -0.05) is 30.7 Å². The van der Waals surface area contributed by atoms with Gasteiger partial charge in [-0.2, -0.15) is 0 Å². The van der Waals surface area contributed by atoms with Gasteiger partial charge in [-0.05, 0) is 62.4 Å². The van der Waals surface area contributed by atoms with Crippen molar-refractivity contribution in [2.45, 2.75) is 45.6 Å². The smallest absolute Gasteiger partial charge is 0.254 e. The van der Waals surface area contributed by atoms with Crippen LogP contribution >= 0.6 is 0 Å². The van der Waals surface area contributed by atoms with Gasteiger partial charge < -0.3 is 9.32 Å². The average molecular weight is 458 g/mol. The predicted molar refractivity (Wildman–Crippen MR) is 130 cm³/mol. The maximum atomic E-state index is 13.9. The number of carbonyl (C=O) groups excluding carboxylic acids is 1. The van der Waals surface area contributed by atoms with Crippen LogP contribution in [-0.2, 0) is 6.42 Å². The number of aromatic nitrogens is 2. The molecule has 1 unspecified atom stereocenters. The van der Waals surface area contributed by atoms with E-state index in [1.54, 1.807) is 12.3 Å². The Morgan fingerprint density at radius 2 is 2.06 bits per heavy atom. The fourth-order valence-electron chi connectivity index (χ4n) is 5.00. The van der Waals surface area contributed by atoms with Crippen LogP contribution in [0.4, 0.5) is 4.39 Å². The SMILES string of the molecule is Cc1ccc(-c2ccccn2)c(C(=O)N2CCC[C@@H](C)C2CCc2nc3cc(F)ccc3o2)c1. The predicted octanol–water partition coefficient (Wildman–Crippen LogP) is 6.21. The lowest BCUT2D eigenvalue weighted by Gasteiger charge is -2.40. The van der Waals surface area contributed by atoms with Crippen molar-refractivity contribution in [3.8, 4) is 11.3 Å². The van der Waals surface area contributed by atoms with Crippen molar-refractivity contribution in [2.24, 2.45) is 5.92 Å². The van der Waals surface area contributed by atoms with E-state index in [1.165, 1.54) is 12.1 Å². The van der Waals surface area contributed by atoms with Crippen LogP contribution in [0.3, 0.4) is 0 Å². The molecule has 0 saturated carbocycles. The van der Waals surface area contributed by atoms with Crippen LogP contribution in [0.15, 0.2) is 65.2 Å². The Kier molecular flexibility index (Phi) is 6.14. The summed E-state index contributed by atoms with van der Waals surface area (Å²) in [5.74, 6) is 0.658. The van der Waals surface area contributed by atoms with Gasteiger partial charge in [0.1, 0.15) is 11.3 Å². The molecule has 6 heteroatoms. The first-order chi connectivity index (χ1) is 16.5. The Morgan fingerprint density at radius 3 is 2.88 bits per heavy atom. The summed E-state index contributed by atoms with van der Waals surface area (Å²) in [6.45, 7) is 4.94. The second kappa shape index (κ2) is 9.37. The maximum absolute atomic E-state index is 13.9. The monoisotopic (exact) mass is 457 g/mol. The summed E-state index contributed by atoms with van der Waals surface area (Å²) in [5.41, 5.74) is 4.50. The second-order valence-electron chi connectivity index (χ2n) is 9.21. The number of amides is 1. The van der Waals surface area contributed by atoms with E-state index in [0.717, 1.165) is 42.6 Å². The zero-order chi connectivity index (χ0) is 23.7. The number of hydrogen-bond donors (Lipinski definition) is 0. The van der Waals surface area contributed by atoms with E-state index in [2.05, 4.69) is 16.9 Å². The lowest BCUT2D eigenvalue weighted by molar-refractivity contribution is 0.0497. The summed E-state index contributed by atoms with van der Waals surface area (Å²) in [6.07, 6.45) is 5.15. The molecule has 4 aromatic rings. The first kappa shape index (κ1) is 22.3. The number of hydrogen-bond acceptors (Lipinski definition) is 4. The summed E-state index contributed by atoms with van der Waals surface area (Å²) in [4.78, 5) is 24.9. The lowest BCUT2D eigenvalue weighted by atomic mass is 9.86. The summed E-state index contributed by atoms with van der Waals surface area (Å²) < 4.78 is 19.4. The molecule has 0 spiro atoms. The standard InChI is InChI=1S/C28H28FN3O2/c1-18-8-10-21(23-7-3-4-14-30-23)22(16-18)28(33)32-15-5-6-19(2)25(32)11-13-27-31-24-17-20(29)9-12-26(24)34-27/h3-4,7-10,12,14,16-17,19,25H,5-6,11,13,15H2,1-2H3/t19-,25?/m1/s1. The molecule has 1 fully saturated rings. The Hall–Kier alpha value is -3.54. The van der Waals surface area contributed by atoms with E-state index in [4.69, 9.17) is 4.42 Å². The van der Waals surface area contributed by atoms with E-state index < -0.39 is 0 Å². The number of piperidine rings is 1. The van der Waals surface area contributed by atoms with Gasteiger partial charge in [0.2, 0.25) is 0 Å². The van der Waals surface area contributed by atoms with Crippen molar-refractivity contribution in [1.82, 2.24) is 14.9 Å². The molecule has 2 aromatic heterocycles. The number of benzene rings is 2. The number of nitrogens with zero attached hydrogens (tertiary/aromatic N) is 3. The molecule has 5 nitrogen and oxygen atoms in total. The average Bonchev–Trinajstić information content (AvgIpc) is 3.25. The van der Waals surface area contributed by atoms with Crippen LogP contribution in [0.5, 0.6) is 0 Å². The quantitative estimate of drug-likeness (QED) is 0.357. The zero-order valence-electron chi connectivity index (χ0n) is 19.5. The van der Waals surface area contributed by atoms with Crippen LogP contribution < -0.4 is 0 Å². The Bertz CT molecular complexity index is 1320. The molecule has 5 rings (SSSR count). The first-order valence-corrected chi connectivity index (χ1v) is 11.9. The fourth-order valence-corrected chi connectivity index (χ4v) is 5.00. The van der Waals surface area contributed by atoms with Gasteiger partial charge in [0.15, 0.2) is 11.5 Å². The molecule has 0 bridgehead atoms. The number of fused-ring (bicyclic) bond motifs is 1. The number of rotatable bonds is 5. The van der Waals surface area contributed by atoms with Crippen molar-refractivity contribution >= 4 is 17.0 Å². The third-order valence-electron chi connectivity index (χ3n) is 6.77. The highest BCUT2D eigenvalue weighted by Crippen LogP contribution is 2.31. The highest BCUT2D eigenvalue weighted by molar-refractivity contribution is 6.01. The van der Waals surface area contributed by atoms with E-state index in [0.29, 0.717) is 34.9 Å². The van der Waals surface area contributed by atoms with Crippen LogP contribution in [-0.4, -0.2) is 33.4 Å². The number of pyridine rings is 1. The van der Waals surface area contributed by atoms with Crippen molar-refractivity contribution in [3.05, 3.63) is 83.6 Å². The number of halogens is 1. The minimum Gasteiger partial charge on any atom is -0.441 e. The molecular weight excluding hydrogens is 429 g/mol. The van der Waals surface area contributed by atoms with Crippen LogP contribution in [0.2, 0.25) is 0 Å². The van der Waals surface area contributed by atoms with Gasteiger partial charge in [0.25, 0.3) is 5.91 Å². The topological polar surface area (TPSA) is 59.2 Å². The summed E-state index contributed by atoms with van der Waals surface area (Å²) in [5, 5.41) is 0. The van der Waals surface area contributed by atoms with Gasteiger partial charge >= 0.3 is 0 Å². The molecule has 0 aliphatic carbocycles. The summed E-state index contributed by atoms with van der Waals surface area (Å²) in [7, 11) is 0. The Balaban J connectivity index is 1.41. The first-order valence-electron chi connectivity index (χ1n) is 11.9. The van der Waals surface area contributed by atoms with Crippen molar-refractivity contribution in [1.29, 1.82) is 0 Å². The zero-order valence-corrected chi connectivity index (χ0v) is 19.5. The maximum Gasteiger partial charge on any atom is 0.254 e. The molecule has 1 aliphatic heterocycles. The van der Waals surface area contributed by atoms with E-state index >= 15 is 0 Å². The van der Waals surface area contributed by atoms with Gasteiger partial charge in [-0.3, -0.25) is 9.78 Å². The number of oxazole rings is 1. The Morgan fingerprint density at radius 1 is 1.18 bits per heavy atom. The molecular formula is C28H28FN3O2. The summed E-state index contributed by atoms with van der Waals surface area (Å²) in [6, 6.07) is 16.2. The molecule has 1 amide bonds. The minimum atomic E-state index is -0.327. The highest BCUT2D eigenvalue weighted by Gasteiger charge is 2.33. The molecule has 1 aliphatic rings. The van der Waals surface area contributed by atoms with E-state index in [9.17, 15) is 9.18 Å². The van der Waals surface area contributed by atoms with Crippen LogP contribution in [0.1, 0.15) is 48.0 Å². The molecule has 174 valence electrons. The molecule has 2 atom stereocenters. The summed E-state index contributed by atoms with van der Waals surface area (Å²) >= 11 is 0. The Labute approximate surface area is 198 Å². The molecule has 3 heterocycles. The number of aryl methyl sites for hydroxylation is 2. The lowest BCUT2D eigenvalue weighted by Crippen LogP contribution is -2.48. The third kappa shape index (κ3) is 4.45. The van der Waals surface area contributed by atoms with Gasteiger partial charge in [0, 0.05) is 42.4 Å². The van der Waals surface area contributed by atoms with Crippen LogP contribution in [0.25, 0.3) is 22.4 Å². The van der Waals surface area contributed by atoms with Gasteiger partial charge in [-0.15, -0.1) is 0 Å². The normalized spacial score (nSPS) is 18.4. The van der Waals surface area contributed by atoms with Crippen molar-refractivity contribution in [3.63, 3.8) is 0 Å². The van der Waals surface area contributed by atoms with Gasteiger partial charge in [-0.25, -0.2) is 9.37 Å². The molecule has 0 radical (unpaired) electrons. The number of carbonyl (C=O) groups is 1. The largest absolute Gasteiger partial charge is 0.441 e. The third-order valence-corrected chi connectivity index (χ3v) is 6.77. The second-order valence-corrected chi connectivity index (χ2v) is 9.21. The van der Waals surface area contributed by atoms with Crippen molar-refractivity contribution < 1.29 is 13.6 Å². The molecule has 1 saturated heterocycles. The molecule has 0 N–H and O–H groups in total.